The summed E-state index contributed by atoms with van der Waals surface area (Å²) in [5, 5.41) is 6.11. The van der Waals surface area contributed by atoms with E-state index in [0.717, 1.165) is 17.4 Å². The van der Waals surface area contributed by atoms with Crippen molar-refractivity contribution in [2.45, 2.75) is 42.1 Å². The first-order chi connectivity index (χ1) is 20.6. The molecule has 11 nitrogen and oxygen atoms in total. The molecule has 224 valence electrons. The Morgan fingerprint density at radius 1 is 1.12 bits per heavy atom. The molecule has 4 heterocycles. The molecule has 43 heavy (non-hydrogen) atoms. The summed E-state index contributed by atoms with van der Waals surface area (Å²) in [6.45, 7) is 2.67. The Morgan fingerprint density at radius 3 is 2.65 bits per heavy atom. The van der Waals surface area contributed by atoms with E-state index in [1.807, 2.05) is 55.5 Å². The van der Waals surface area contributed by atoms with Crippen molar-refractivity contribution in [1.29, 1.82) is 0 Å². The zero-order chi connectivity index (χ0) is 30.3. The fourth-order valence-corrected chi connectivity index (χ4v) is 7.43. The largest absolute Gasteiger partial charge is 0.457 e. The van der Waals surface area contributed by atoms with E-state index in [0.29, 0.717) is 47.4 Å². The fraction of sp³-hybridized carbons (Fsp3) is 0.333. The van der Waals surface area contributed by atoms with Gasteiger partial charge in [-0.2, -0.15) is 0 Å². The van der Waals surface area contributed by atoms with E-state index >= 15 is 0 Å². The molecule has 0 radical (unpaired) electrons. The van der Waals surface area contributed by atoms with Gasteiger partial charge in [0.15, 0.2) is 0 Å². The van der Waals surface area contributed by atoms with Gasteiger partial charge in [-0.1, -0.05) is 30.0 Å². The molecular formula is C30H31N5O6S2. The second-order valence-corrected chi connectivity index (χ2v) is 14.3. The van der Waals surface area contributed by atoms with E-state index in [1.54, 1.807) is 22.1 Å². The van der Waals surface area contributed by atoms with E-state index in [4.69, 9.17) is 4.74 Å². The Kier molecular flexibility index (Phi) is 7.77. The summed E-state index contributed by atoms with van der Waals surface area (Å²) < 4.78 is 28.8. The van der Waals surface area contributed by atoms with Crippen LogP contribution in [0.4, 0.5) is 16.2 Å². The predicted molar refractivity (Wildman–Crippen MR) is 162 cm³/mol. The summed E-state index contributed by atoms with van der Waals surface area (Å²) in [5.74, 6) is 0.674. The highest BCUT2D eigenvalue weighted by molar-refractivity contribution is 8.01. The maximum Gasteiger partial charge on any atom is 0.327 e. The van der Waals surface area contributed by atoms with Crippen LogP contribution in [0.15, 0.2) is 65.8 Å². The molecule has 3 aromatic rings. The van der Waals surface area contributed by atoms with Crippen molar-refractivity contribution >= 4 is 50.8 Å². The lowest BCUT2D eigenvalue weighted by Gasteiger charge is -2.35. The fourth-order valence-electron chi connectivity index (χ4n) is 5.65. The van der Waals surface area contributed by atoms with Crippen molar-refractivity contribution in [2.75, 3.05) is 30.0 Å². The van der Waals surface area contributed by atoms with Gasteiger partial charge < -0.3 is 20.3 Å². The van der Waals surface area contributed by atoms with E-state index < -0.39 is 21.1 Å². The van der Waals surface area contributed by atoms with Crippen molar-refractivity contribution in [3.8, 4) is 11.5 Å². The van der Waals surface area contributed by atoms with Crippen LogP contribution in [0.25, 0.3) is 0 Å². The van der Waals surface area contributed by atoms with Gasteiger partial charge >= 0.3 is 6.03 Å². The number of pyridine rings is 1. The molecule has 3 atom stereocenters. The molecule has 0 aliphatic carbocycles. The van der Waals surface area contributed by atoms with Gasteiger partial charge in [-0.05, 0) is 55.3 Å². The Morgan fingerprint density at radius 2 is 1.91 bits per heavy atom. The summed E-state index contributed by atoms with van der Waals surface area (Å²) in [5.41, 5.74) is 2.99. The Labute approximate surface area is 253 Å². The molecule has 13 heteroatoms. The molecular weight excluding hydrogens is 590 g/mol. The van der Waals surface area contributed by atoms with E-state index in [1.165, 1.54) is 11.8 Å². The highest BCUT2D eigenvalue weighted by atomic mass is 32.2. The minimum atomic E-state index is -3.24. The Hall–Kier alpha value is -4.10. The highest BCUT2D eigenvalue weighted by Crippen LogP contribution is 2.51. The first kappa shape index (κ1) is 29.0. The molecule has 0 bridgehead atoms. The molecule has 6 rings (SSSR count). The minimum absolute atomic E-state index is 0.0748. The standard InChI is InChI=1S/C30H31N5O6S2/c1-18-16-21(41-20-6-4-3-5-7-20)8-9-22(18)35-23-10-13-31-29-25(23)26(33-30(35)38)27(42-29)28(37)32-19-11-14-34(17-19)24(36)12-15-43(2,39)40/h3-10,13,16,19,26-27H,11-12,14-15,17H2,1-2H3,(H,32,37)(H,33,38)/t19?,26?,27-/m1/s1. The molecule has 3 aliphatic rings. The number of anilines is 2. The number of nitrogens with one attached hydrogen (secondary N) is 2. The van der Waals surface area contributed by atoms with E-state index in [-0.39, 0.29) is 36.1 Å². The van der Waals surface area contributed by atoms with Crippen LogP contribution in [0, 0.1) is 6.92 Å². The smallest absolute Gasteiger partial charge is 0.327 e. The van der Waals surface area contributed by atoms with Gasteiger partial charge in [0.05, 0.1) is 23.2 Å². The van der Waals surface area contributed by atoms with Crippen molar-refractivity contribution in [1.82, 2.24) is 20.5 Å². The number of para-hydroxylation sites is 1. The van der Waals surface area contributed by atoms with Crippen LogP contribution < -0.4 is 20.3 Å². The number of aryl methyl sites for hydroxylation is 1. The number of carbonyl (C=O) groups excluding carboxylic acids is 3. The summed E-state index contributed by atoms with van der Waals surface area (Å²) in [7, 11) is -3.24. The number of aromatic nitrogens is 1. The summed E-state index contributed by atoms with van der Waals surface area (Å²) >= 11 is 1.31. The van der Waals surface area contributed by atoms with Gasteiger partial charge in [0.2, 0.25) is 11.8 Å². The topological polar surface area (TPSA) is 138 Å². The van der Waals surface area contributed by atoms with Crippen molar-refractivity contribution in [3.63, 3.8) is 0 Å². The molecule has 1 aromatic heterocycles. The van der Waals surface area contributed by atoms with Gasteiger partial charge in [0.1, 0.15) is 31.6 Å². The second kappa shape index (κ2) is 11.5. The second-order valence-electron chi connectivity index (χ2n) is 10.9. The maximum absolute atomic E-state index is 13.6. The average Bonchev–Trinajstić information content (AvgIpc) is 3.58. The maximum atomic E-state index is 13.6. The lowest BCUT2D eigenvalue weighted by Crippen LogP contribution is -2.50. The Balaban J connectivity index is 1.16. The van der Waals surface area contributed by atoms with Crippen molar-refractivity contribution in [2.24, 2.45) is 0 Å². The van der Waals surface area contributed by atoms with Crippen LogP contribution in [-0.2, 0) is 19.4 Å². The van der Waals surface area contributed by atoms with Crippen molar-refractivity contribution in [3.05, 3.63) is 71.9 Å². The van der Waals surface area contributed by atoms with Crippen LogP contribution in [0.2, 0.25) is 0 Å². The predicted octanol–water partition coefficient (Wildman–Crippen LogP) is 3.71. The number of thioether (sulfide) groups is 1. The zero-order valence-corrected chi connectivity index (χ0v) is 25.3. The van der Waals surface area contributed by atoms with E-state index in [2.05, 4.69) is 15.6 Å². The average molecular weight is 622 g/mol. The summed E-state index contributed by atoms with van der Waals surface area (Å²) in [4.78, 5) is 47.2. The Bertz CT molecular complexity index is 1700. The first-order valence-electron chi connectivity index (χ1n) is 13.9. The molecule has 0 spiro atoms. The quantitative estimate of drug-likeness (QED) is 0.388. The van der Waals surface area contributed by atoms with Crippen LogP contribution in [0.1, 0.15) is 30.0 Å². The summed E-state index contributed by atoms with van der Waals surface area (Å²) in [6.07, 6.45) is 3.24. The number of amides is 4. The monoisotopic (exact) mass is 621 g/mol. The molecule has 4 amide bonds. The van der Waals surface area contributed by atoms with Gasteiger partial charge in [-0.15, -0.1) is 0 Å². The first-order valence-corrected chi connectivity index (χ1v) is 16.9. The normalized spacial score (nSPS) is 20.9. The minimum Gasteiger partial charge on any atom is -0.457 e. The molecule has 2 aromatic carbocycles. The molecule has 3 aliphatic heterocycles. The number of sulfone groups is 1. The number of carbonyl (C=O) groups is 3. The van der Waals surface area contributed by atoms with Gasteiger partial charge in [0, 0.05) is 43.6 Å². The third-order valence-corrected chi connectivity index (χ3v) is 9.96. The number of urea groups is 1. The van der Waals surface area contributed by atoms with Crippen molar-refractivity contribution < 1.29 is 27.5 Å². The number of hydrogen-bond acceptors (Lipinski definition) is 8. The SMILES string of the molecule is Cc1cc(Oc2ccccc2)ccc1N1C(=O)NC2c3c1ccnc3S[C@H]2C(=O)NC1CCN(C(=O)CCS(C)(=O)=O)C1. The van der Waals surface area contributed by atoms with Crippen LogP contribution in [0.3, 0.4) is 0 Å². The van der Waals surface area contributed by atoms with Crippen LogP contribution in [0.5, 0.6) is 11.5 Å². The van der Waals surface area contributed by atoms with Crippen LogP contribution >= 0.6 is 11.8 Å². The van der Waals surface area contributed by atoms with Gasteiger partial charge in [0.25, 0.3) is 0 Å². The summed E-state index contributed by atoms with van der Waals surface area (Å²) in [6, 6.07) is 15.6. The molecule has 0 saturated carbocycles. The molecule has 1 fully saturated rings. The number of ether oxygens (including phenoxy) is 1. The highest BCUT2D eigenvalue weighted by Gasteiger charge is 2.47. The third kappa shape index (κ3) is 6.04. The van der Waals surface area contributed by atoms with Gasteiger partial charge in [-0.3, -0.25) is 14.5 Å². The number of benzene rings is 2. The number of rotatable bonds is 8. The number of hydrogen-bond donors (Lipinski definition) is 2. The third-order valence-electron chi connectivity index (χ3n) is 7.73. The molecule has 1 saturated heterocycles. The lowest BCUT2D eigenvalue weighted by molar-refractivity contribution is -0.130. The lowest BCUT2D eigenvalue weighted by atomic mass is 9.99. The zero-order valence-electron chi connectivity index (χ0n) is 23.6. The number of nitrogens with zero attached hydrogens (tertiary/aromatic N) is 3. The van der Waals surface area contributed by atoms with E-state index in [9.17, 15) is 22.8 Å². The van der Waals surface area contributed by atoms with Crippen LogP contribution in [-0.4, -0.2) is 72.5 Å². The number of likely N-dealkylation sites (tertiary alicyclic amines) is 1. The van der Waals surface area contributed by atoms with Gasteiger partial charge in [-0.25, -0.2) is 18.2 Å². The molecule has 2 N–H and O–H groups in total. The molecule has 2 unspecified atom stereocenters.